The van der Waals surface area contributed by atoms with Crippen molar-refractivity contribution in [1.29, 1.82) is 0 Å². The number of hydrogen-bond acceptors (Lipinski definition) is 3. The second-order valence-corrected chi connectivity index (χ2v) is 4.74. The number of ether oxygens (including phenoxy) is 1. The molecule has 0 aliphatic heterocycles. The maximum atomic E-state index is 11.8. The number of carbonyl (C=O) groups excluding carboxylic acids is 2. The third kappa shape index (κ3) is 2.21. The SMILES string of the molecule is CC(C(=O)OC1CCC1)C(=O)C1CCC1. The molecule has 0 N–H and O–H groups in total. The van der Waals surface area contributed by atoms with Crippen LogP contribution in [0.1, 0.15) is 45.4 Å². The lowest BCUT2D eigenvalue weighted by Crippen LogP contribution is -2.35. The van der Waals surface area contributed by atoms with E-state index in [2.05, 4.69) is 0 Å². The van der Waals surface area contributed by atoms with E-state index in [0.717, 1.165) is 38.5 Å². The fourth-order valence-electron chi connectivity index (χ4n) is 1.92. The van der Waals surface area contributed by atoms with Gasteiger partial charge in [0.1, 0.15) is 17.8 Å². The van der Waals surface area contributed by atoms with Crippen LogP contribution >= 0.6 is 0 Å². The molecular formula is C12H18O3. The van der Waals surface area contributed by atoms with Crippen LogP contribution in [0.25, 0.3) is 0 Å². The Kier molecular flexibility index (Phi) is 3.08. The third-order valence-corrected chi connectivity index (χ3v) is 3.62. The van der Waals surface area contributed by atoms with Crippen LogP contribution in [-0.4, -0.2) is 17.9 Å². The molecule has 2 fully saturated rings. The second-order valence-electron chi connectivity index (χ2n) is 4.74. The van der Waals surface area contributed by atoms with Gasteiger partial charge in [0.25, 0.3) is 0 Å². The summed E-state index contributed by atoms with van der Waals surface area (Å²) in [5.41, 5.74) is 0. The molecule has 0 saturated heterocycles. The first kappa shape index (κ1) is 10.7. The molecule has 0 aromatic carbocycles. The van der Waals surface area contributed by atoms with Gasteiger partial charge in [0.2, 0.25) is 0 Å². The van der Waals surface area contributed by atoms with Crippen molar-refractivity contribution in [3.8, 4) is 0 Å². The van der Waals surface area contributed by atoms with Gasteiger partial charge in [-0.15, -0.1) is 0 Å². The lowest BCUT2D eigenvalue weighted by atomic mass is 9.78. The van der Waals surface area contributed by atoms with Crippen LogP contribution in [0.2, 0.25) is 0 Å². The van der Waals surface area contributed by atoms with E-state index < -0.39 is 5.92 Å². The molecule has 0 aromatic rings. The maximum absolute atomic E-state index is 11.8. The highest BCUT2D eigenvalue weighted by atomic mass is 16.5. The minimum absolute atomic E-state index is 0.0885. The van der Waals surface area contributed by atoms with Crippen LogP contribution in [0.15, 0.2) is 0 Å². The van der Waals surface area contributed by atoms with Crippen molar-refractivity contribution in [2.45, 2.75) is 51.6 Å². The highest BCUT2D eigenvalue weighted by Crippen LogP contribution is 2.30. The Labute approximate surface area is 90.2 Å². The predicted molar refractivity (Wildman–Crippen MR) is 55.2 cm³/mol. The molecule has 3 heteroatoms. The zero-order valence-electron chi connectivity index (χ0n) is 9.20. The summed E-state index contributed by atoms with van der Waals surface area (Å²) in [6.07, 6.45) is 6.21. The molecule has 0 spiro atoms. The molecular weight excluding hydrogens is 192 g/mol. The Bertz CT molecular complexity index is 264. The highest BCUT2D eigenvalue weighted by Gasteiger charge is 2.34. The van der Waals surface area contributed by atoms with Gasteiger partial charge in [-0.3, -0.25) is 9.59 Å². The summed E-state index contributed by atoms with van der Waals surface area (Å²) in [4.78, 5) is 23.3. The molecule has 2 aliphatic carbocycles. The van der Waals surface area contributed by atoms with Crippen LogP contribution in [0.3, 0.4) is 0 Å². The van der Waals surface area contributed by atoms with E-state index in [4.69, 9.17) is 4.74 Å². The van der Waals surface area contributed by atoms with Gasteiger partial charge < -0.3 is 4.74 Å². The summed E-state index contributed by atoms with van der Waals surface area (Å²) in [6.45, 7) is 1.68. The Hall–Kier alpha value is -0.860. The Morgan fingerprint density at radius 1 is 1.13 bits per heavy atom. The van der Waals surface area contributed by atoms with Crippen LogP contribution in [-0.2, 0) is 14.3 Å². The van der Waals surface area contributed by atoms with Crippen molar-refractivity contribution in [2.24, 2.45) is 11.8 Å². The summed E-state index contributed by atoms with van der Waals surface area (Å²) >= 11 is 0. The first-order valence-corrected chi connectivity index (χ1v) is 5.92. The van der Waals surface area contributed by atoms with Gasteiger partial charge in [0.15, 0.2) is 0 Å². The maximum Gasteiger partial charge on any atom is 0.316 e. The van der Waals surface area contributed by atoms with E-state index >= 15 is 0 Å². The van der Waals surface area contributed by atoms with Crippen molar-refractivity contribution in [3.63, 3.8) is 0 Å². The van der Waals surface area contributed by atoms with Crippen molar-refractivity contribution in [2.75, 3.05) is 0 Å². The molecule has 0 heterocycles. The fourth-order valence-corrected chi connectivity index (χ4v) is 1.92. The monoisotopic (exact) mass is 210 g/mol. The molecule has 3 nitrogen and oxygen atoms in total. The summed E-state index contributed by atoms with van der Waals surface area (Å²) < 4.78 is 5.23. The van der Waals surface area contributed by atoms with Gasteiger partial charge in [0, 0.05) is 5.92 Å². The number of rotatable bonds is 4. The topological polar surface area (TPSA) is 43.4 Å². The number of esters is 1. The van der Waals surface area contributed by atoms with Gasteiger partial charge in [0.05, 0.1) is 0 Å². The first-order chi connectivity index (χ1) is 7.18. The van der Waals surface area contributed by atoms with E-state index in [1.54, 1.807) is 6.92 Å². The normalized spacial score (nSPS) is 23.8. The molecule has 2 aliphatic rings. The number of Topliss-reactive ketones (excluding diaryl/α,β-unsaturated/α-hetero) is 1. The minimum Gasteiger partial charge on any atom is -0.462 e. The van der Waals surface area contributed by atoms with Crippen molar-refractivity contribution >= 4 is 11.8 Å². The number of carbonyl (C=O) groups is 2. The quantitative estimate of drug-likeness (QED) is 0.527. The standard InChI is InChI=1S/C12H18O3/c1-8(11(13)9-4-2-5-9)12(14)15-10-6-3-7-10/h8-10H,2-7H2,1H3. The molecule has 84 valence electrons. The van der Waals surface area contributed by atoms with Gasteiger partial charge in [-0.25, -0.2) is 0 Å². The van der Waals surface area contributed by atoms with E-state index in [9.17, 15) is 9.59 Å². The average molecular weight is 210 g/mol. The number of ketones is 1. The Morgan fingerprint density at radius 3 is 2.13 bits per heavy atom. The summed E-state index contributed by atoms with van der Waals surface area (Å²) in [6, 6.07) is 0. The molecule has 2 rings (SSSR count). The molecule has 0 bridgehead atoms. The summed E-state index contributed by atoms with van der Waals surface area (Å²) in [5.74, 6) is -0.632. The largest absolute Gasteiger partial charge is 0.462 e. The molecule has 2 saturated carbocycles. The van der Waals surface area contributed by atoms with E-state index in [0.29, 0.717) is 0 Å². The smallest absolute Gasteiger partial charge is 0.316 e. The summed E-state index contributed by atoms with van der Waals surface area (Å²) in [7, 11) is 0. The Morgan fingerprint density at radius 2 is 1.73 bits per heavy atom. The van der Waals surface area contributed by atoms with Gasteiger partial charge >= 0.3 is 5.97 Å². The van der Waals surface area contributed by atoms with Crippen LogP contribution in [0.5, 0.6) is 0 Å². The number of hydrogen-bond donors (Lipinski definition) is 0. The van der Waals surface area contributed by atoms with Crippen LogP contribution in [0, 0.1) is 11.8 Å². The van der Waals surface area contributed by atoms with Gasteiger partial charge in [-0.1, -0.05) is 6.42 Å². The lowest BCUT2D eigenvalue weighted by Gasteiger charge is -2.29. The third-order valence-electron chi connectivity index (χ3n) is 3.62. The van der Waals surface area contributed by atoms with Crippen molar-refractivity contribution in [1.82, 2.24) is 0 Å². The van der Waals surface area contributed by atoms with E-state index in [1.807, 2.05) is 0 Å². The van der Waals surface area contributed by atoms with Crippen LogP contribution in [0.4, 0.5) is 0 Å². The van der Waals surface area contributed by atoms with Gasteiger partial charge in [-0.2, -0.15) is 0 Å². The fraction of sp³-hybridized carbons (Fsp3) is 0.833. The molecule has 1 unspecified atom stereocenters. The Balaban J connectivity index is 1.79. The van der Waals surface area contributed by atoms with E-state index in [1.165, 1.54) is 0 Å². The summed E-state index contributed by atoms with van der Waals surface area (Å²) in [5, 5.41) is 0. The molecule has 0 radical (unpaired) electrons. The van der Waals surface area contributed by atoms with Crippen molar-refractivity contribution in [3.05, 3.63) is 0 Å². The van der Waals surface area contributed by atoms with Crippen LogP contribution < -0.4 is 0 Å². The molecule has 0 amide bonds. The molecule has 0 aromatic heterocycles. The zero-order valence-corrected chi connectivity index (χ0v) is 9.20. The second kappa shape index (κ2) is 4.33. The molecule has 15 heavy (non-hydrogen) atoms. The zero-order chi connectivity index (χ0) is 10.8. The minimum atomic E-state index is -0.545. The lowest BCUT2D eigenvalue weighted by molar-refractivity contribution is -0.160. The van der Waals surface area contributed by atoms with E-state index in [-0.39, 0.29) is 23.8 Å². The predicted octanol–water partition coefficient (Wildman–Crippen LogP) is 2.09. The first-order valence-electron chi connectivity index (χ1n) is 5.92. The van der Waals surface area contributed by atoms with Gasteiger partial charge in [-0.05, 0) is 39.0 Å². The highest BCUT2D eigenvalue weighted by molar-refractivity contribution is 6.00. The average Bonchev–Trinajstić information content (AvgIpc) is 2.06. The van der Waals surface area contributed by atoms with Crippen molar-refractivity contribution < 1.29 is 14.3 Å². The molecule has 1 atom stereocenters.